The topological polar surface area (TPSA) is 81.4 Å². The van der Waals surface area contributed by atoms with E-state index in [1.807, 2.05) is 6.92 Å². The summed E-state index contributed by atoms with van der Waals surface area (Å²) in [6.07, 6.45) is 3.90. The van der Waals surface area contributed by atoms with Gasteiger partial charge in [-0.2, -0.15) is 13.5 Å². The molecule has 6 nitrogen and oxygen atoms in total. The van der Waals surface area contributed by atoms with Gasteiger partial charge in [0.1, 0.15) is 4.90 Å². The van der Waals surface area contributed by atoms with Crippen molar-refractivity contribution in [1.82, 2.24) is 9.78 Å². The van der Waals surface area contributed by atoms with Crippen molar-refractivity contribution in [1.29, 1.82) is 0 Å². The highest BCUT2D eigenvalue weighted by molar-refractivity contribution is 8.03. The molecular formula is C12H15N3O3S2. The summed E-state index contributed by atoms with van der Waals surface area (Å²) in [6.45, 7) is 2.39. The molecule has 0 aliphatic carbocycles. The van der Waals surface area contributed by atoms with Crippen LogP contribution in [-0.4, -0.2) is 28.7 Å². The molecule has 2 rings (SSSR count). The SMILES string of the molecule is CCn1cc(S(=O)(=O)N=S(C)(=O)c2ccccc2)cn1. The van der Waals surface area contributed by atoms with Crippen molar-refractivity contribution in [2.75, 3.05) is 6.26 Å². The number of nitrogens with zero attached hydrogens (tertiary/aromatic N) is 3. The van der Waals surface area contributed by atoms with Crippen molar-refractivity contribution in [3.63, 3.8) is 0 Å². The quantitative estimate of drug-likeness (QED) is 0.861. The van der Waals surface area contributed by atoms with Gasteiger partial charge in [-0.25, -0.2) is 4.21 Å². The molecule has 20 heavy (non-hydrogen) atoms. The van der Waals surface area contributed by atoms with Gasteiger partial charge in [-0.1, -0.05) is 18.2 Å². The van der Waals surface area contributed by atoms with Gasteiger partial charge < -0.3 is 0 Å². The number of aromatic nitrogens is 2. The second-order valence-corrected chi connectivity index (χ2v) is 8.29. The van der Waals surface area contributed by atoms with Crippen molar-refractivity contribution in [3.8, 4) is 0 Å². The van der Waals surface area contributed by atoms with Gasteiger partial charge in [-0.15, -0.1) is 3.77 Å². The third-order valence-corrected chi connectivity index (χ3v) is 6.53. The lowest BCUT2D eigenvalue weighted by molar-refractivity contribution is 0.597. The van der Waals surface area contributed by atoms with E-state index in [9.17, 15) is 12.6 Å². The molecule has 8 heteroatoms. The maximum Gasteiger partial charge on any atom is 0.293 e. The van der Waals surface area contributed by atoms with E-state index in [0.717, 1.165) is 0 Å². The maximum atomic E-state index is 12.5. The molecule has 0 aliphatic heterocycles. The molecule has 1 heterocycles. The zero-order chi connectivity index (χ0) is 14.8. The van der Waals surface area contributed by atoms with Gasteiger partial charge in [0.15, 0.2) is 0 Å². The predicted octanol–water partition coefficient (Wildman–Crippen LogP) is 1.75. The zero-order valence-electron chi connectivity index (χ0n) is 11.1. The Kier molecular flexibility index (Phi) is 3.96. The molecule has 0 fully saturated rings. The molecular weight excluding hydrogens is 298 g/mol. The summed E-state index contributed by atoms with van der Waals surface area (Å²) in [5, 5.41) is 3.89. The molecule has 0 aliphatic rings. The minimum atomic E-state index is -3.99. The van der Waals surface area contributed by atoms with Crippen LogP contribution in [0.1, 0.15) is 6.92 Å². The van der Waals surface area contributed by atoms with Crippen LogP contribution < -0.4 is 0 Å². The van der Waals surface area contributed by atoms with Gasteiger partial charge in [0.2, 0.25) is 0 Å². The highest BCUT2D eigenvalue weighted by atomic mass is 32.3. The van der Waals surface area contributed by atoms with E-state index in [0.29, 0.717) is 11.4 Å². The second kappa shape index (κ2) is 5.37. The van der Waals surface area contributed by atoms with E-state index in [4.69, 9.17) is 0 Å². The summed E-state index contributed by atoms with van der Waals surface area (Å²) in [5.74, 6) is 0. The molecule has 0 saturated heterocycles. The zero-order valence-corrected chi connectivity index (χ0v) is 12.8. The Balaban J connectivity index is 2.50. The molecule has 1 atom stereocenters. The van der Waals surface area contributed by atoms with Crippen LogP contribution in [0.3, 0.4) is 0 Å². The fourth-order valence-electron chi connectivity index (χ4n) is 1.60. The van der Waals surface area contributed by atoms with E-state index in [1.165, 1.54) is 23.3 Å². The first-order chi connectivity index (χ1) is 9.35. The first-order valence-corrected chi connectivity index (χ1v) is 9.27. The van der Waals surface area contributed by atoms with Crippen molar-refractivity contribution in [2.45, 2.75) is 23.3 Å². The molecule has 1 unspecified atom stereocenters. The van der Waals surface area contributed by atoms with Crippen molar-refractivity contribution < 1.29 is 12.6 Å². The first kappa shape index (κ1) is 14.7. The lowest BCUT2D eigenvalue weighted by Gasteiger charge is -2.03. The van der Waals surface area contributed by atoms with E-state index in [-0.39, 0.29) is 4.90 Å². The van der Waals surface area contributed by atoms with Crippen LogP contribution in [-0.2, 0) is 26.3 Å². The van der Waals surface area contributed by atoms with Gasteiger partial charge >= 0.3 is 0 Å². The van der Waals surface area contributed by atoms with Gasteiger partial charge in [0, 0.05) is 23.9 Å². The fraction of sp³-hybridized carbons (Fsp3) is 0.250. The Morgan fingerprint density at radius 3 is 2.35 bits per heavy atom. The Morgan fingerprint density at radius 1 is 1.15 bits per heavy atom. The van der Waals surface area contributed by atoms with Crippen molar-refractivity contribution in [2.24, 2.45) is 3.77 Å². The Labute approximate surface area is 118 Å². The third-order valence-electron chi connectivity index (χ3n) is 2.65. The molecule has 2 aromatic rings. The molecule has 1 aromatic carbocycles. The number of hydrogen-bond acceptors (Lipinski definition) is 4. The number of sulfonamides is 1. The summed E-state index contributed by atoms with van der Waals surface area (Å²) in [6, 6.07) is 8.33. The summed E-state index contributed by atoms with van der Waals surface area (Å²) in [4.78, 5) is 0.330. The van der Waals surface area contributed by atoms with Crippen LogP contribution in [0.15, 0.2) is 56.3 Å². The molecule has 0 saturated carbocycles. The van der Waals surface area contributed by atoms with E-state index >= 15 is 0 Å². The molecule has 1 aromatic heterocycles. The molecule has 0 N–H and O–H groups in total. The second-order valence-electron chi connectivity index (χ2n) is 4.20. The summed E-state index contributed by atoms with van der Waals surface area (Å²) >= 11 is 0. The number of hydrogen-bond donors (Lipinski definition) is 0. The van der Waals surface area contributed by atoms with Gasteiger partial charge in [-0.3, -0.25) is 4.68 Å². The highest BCUT2D eigenvalue weighted by Gasteiger charge is 2.19. The van der Waals surface area contributed by atoms with E-state index in [2.05, 4.69) is 8.87 Å². The summed E-state index contributed by atoms with van der Waals surface area (Å²) in [7, 11) is -7.00. The van der Waals surface area contributed by atoms with Crippen molar-refractivity contribution in [3.05, 3.63) is 42.7 Å². The molecule has 0 radical (unpaired) electrons. The van der Waals surface area contributed by atoms with Crippen LogP contribution >= 0.6 is 0 Å². The molecule has 0 spiro atoms. The van der Waals surface area contributed by atoms with Gasteiger partial charge in [0.05, 0.1) is 15.9 Å². The third kappa shape index (κ3) is 3.07. The monoisotopic (exact) mass is 313 g/mol. The van der Waals surface area contributed by atoms with Crippen LogP contribution in [0.2, 0.25) is 0 Å². The Morgan fingerprint density at radius 2 is 1.80 bits per heavy atom. The first-order valence-electron chi connectivity index (χ1n) is 5.91. The number of benzene rings is 1. The molecule has 108 valence electrons. The largest absolute Gasteiger partial charge is 0.293 e. The van der Waals surface area contributed by atoms with Gasteiger partial charge in [0.25, 0.3) is 10.0 Å². The summed E-state index contributed by atoms with van der Waals surface area (Å²) in [5.41, 5.74) is 0. The number of rotatable bonds is 4. The smallest absolute Gasteiger partial charge is 0.272 e. The standard InChI is InChI=1S/C12H15N3O3S2/c1-3-15-10-12(9-13-15)20(17,18)14-19(2,16)11-7-5-4-6-8-11/h4-10H,3H2,1-2H3. The van der Waals surface area contributed by atoms with Crippen LogP contribution in [0.5, 0.6) is 0 Å². The fourth-order valence-corrected chi connectivity index (χ4v) is 4.88. The molecule has 0 bridgehead atoms. The minimum Gasteiger partial charge on any atom is -0.272 e. The van der Waals surface area contributed by atoms with Gasteiger partial charge in [-0.05, 0) is 19.1 Å². The van der Waals surface area contributed by atoms with Crippen molar-refractivity contribution >= 4 is 19.8 Å². The summed E-state index contributed by atoms with van der Waals surface area (Å²) < 4.78 is 41.8. The lowest BCUT2D eigenvalue weighted by atomic mass is 10.4. The average Bonchev–Trinajstić information content (AvgIpc) is 2.88. The maximum absolute atomic E-state index is 12.5. The van der Waals surface area contributed by atoms with Crippen LogP contribution in [0, 0.1) is 0 Å². The minimum absolute atomic E-state index is 0.0511. The number of aryl methyl sites for hydroxylation is 1. The highest BCUT2D eigenvalue weighted by Crippen LogP contribution is 2.17. The Hall–Kier alpha value is -1.67. The normalized spacial score (nSPS) is 14.7. The van der Waals surface area contributed by atoms with Crippen LogP contribution in [0.4, 0.5) is 0 Å². The molecule has 0 amide bonds. The van der Waals surface area contributed by atoms with E-state index < -0.39 is 19.8 Å². The Bertz CT molecular complexity index is 817. The average molecular weight is 313 g/mol. The predicted molar refractivity (Wildman–Crippen MR) is 76.3 cm³/mol. The van der Waals surface area contributed by atoms with Crippen LogP contribution in [0.25, 0.3) is 0 Å². The lowest BCUT2D eigenvalue weighted by Crippen LogP contribution is -2.04. The van der Waals surface area contributed by atoms with E-state index in [1.54, 1.807) is 30.3 Å².